The largest absolute Gasteiger partial charge is 0.370 e. The van der Waals surface area contributed by atoms with Crippen molar-refractivity contribution in [3.63, 3.8) is 0 Å². The van der Waals surface area contributed by atoms with E-state index in [9.17, 15) is 13.2 Å². The lowest BCUT2D eigenvalue weighted by Gasteiger charge is -2.14. The molecule has 0 aliphatic heterocycles. The number of fused-ring (bicyclic) bond motifs is 1. The van der Waals surface area contributed by atoms with Gasteiger partial charge in [0.25, 0.3) is 5.91 Å². The number of hydrogen-bond donors (Lipinski definition) is 2. The van der Waals surface area contributed by atoms with E-state index in [-0.39, 0.29) is 16.4 Å². The molecule has 0 bridgehead atoms. The van der Waals surface area contributed by atoms with Crippen LogP contribution in [0.15, 0.2) is 64.5 Å². The van der Waals surface area contributed by atoms with Gasteiger partial charge in [-0.25, -0.2) is 8.42 Å². The maximum atomic E-state index is 12.5. The number of aryl methyl sites for hydroxylation is 1. The molecule has 0 spiro atoms. The smallest absolute Gasteiger partial charge is 0.280 e. The van der Waals surface area contributed by atoms with Crippen LogP contribution in [0, 0.1) is 0 Å². The monoisotopic (exact) mass is 395 g/mol. The van der Waals surface area contributed by atoms with Crippen molar-refractivity contribution in [2.75, 3.05) is 6.26 Å². The molecular weight excluding hydrogens is 374 g/mol. The van der Waals surface area contributed by atoms with Crippen LogP contribution in [0.25, 0.3) is 21.9 Å². The summed E-state index contributed by atoms with van der Waals surface area (Å²) in [7, 11) is -3.61. The Morgan fingerprint density at radius 1 is 1.00 bits per heavy atom. The minimum atomic E-state index is -3.61. The van der Waals surface area contributed by atoms with Crippen LogP contribution in [0.5, 0.6) is 0 Å². The molecule has 0 heterocycles. The molecule has 0 saturated carbocycles. The highest BCUT2D eigenvalue weighted by Crippen LogP contribution is 2.33. The first-order chi connectivity index (χ1) is 13.2. The summed E-state index contributed by atoms with van der Waals surface area (Å²) in [6, 6.07) is 16.7. The highest BCUT2D eigenvalue weighted by atomic mass is 32.2. The summed E-state index contributed by atoms with van der Waals surface area (Å²) in [5.41, 5.74) is 12.8. The number of aliphatic imine (C=N–C) groups is 1. The molecule has 0 aliphatic carbocycles. The molecule has 3 rings (SSSR count). The lowest BCUT2D eigenvalue weighted by Crippen LogP contribution is -2.24. The number of amides is 1. The van der Waals surface area contributed by atoms with E-state index in [1.807, 2.05) is 49.4 Å². The quantitative estimate of drug-likeness (QED) is 0.520. The van der Waals surface area contributed by atoms with E-state index in [0.29, 0.717) is 17.5 Å². The number of sulfone groups is 1. The van der Waals surface area contributed by atoms with Crippen molar-refractivity contribution < 1.29 is 13.2 Å². The molecule has 4 N–H and O–H groups in total. The molecule has 0 aliphatic rings. The normalized spacial score (nSPS) is 11.4. The number of benzene rings is 3. The van der Waals surface area contributed by atoms with Gasteiger partial charge in [-0.2, -0.15) is 4.99 Å². The number of guanidine groups is 1. The Balaban J connectivity index is 2.30. The predicted molar refractivity (Wildman–Crippen MR) is 112 cm³/mol. The Morgan fingerprint density at radius 2 is 1.68 bits per heavy atom. The fourth-order valence-corrected chi connectivity index (χ4v) is 4.09. The van der Waals surface area contributed by atoms with Crippen molar-refractivity contribution in [2.45, 2.75) is 18.2 Å². The SMILES string of the molecule is CCc1cc(-c2ccc3ccccc3c2)c(S(C)(=O)=O)cc1C(=O)N=C(N)N. The summed E-state index contributed by atoms with van der Waals surface area (Å²) >= 11 is 0. The van der Waals surface area contributed by atoms with Crippen molar-refractivity contribution in [3.05, 3.63) is 65.7 Å². The van der Waals surface area contributed by atoms with Gasteiger partial charge in [-0.1, -0.05) is 43.3 Å². The predicted octanol–water partition coefficient (Wildman–Crippen LogP) is 2.89. The standard InChI is InChI=1S/C21H21N3O3S/c1-3-13-11-17(16-9-8-14-6-4-5-7-15(14)10-16)19(28(2,26)27)12-18(13)20(25)24-21(22)23/h4-12H,3H2,1-2H3,(H4,22,23,24,25). The van der Waals surface area contributed by atoms with Crippen LogP contribution in [-0.2, 0) is 16.3 Å². The van der Waals surface area contributed by atoms with Gasteiger partial charge in [-0.3, -0.25) is 4.79 Å². The zero-order valence-electron chi connectivity index (χ0n) is 15.6. The molecule has 0 radical (unpaired) electrons. The maximum Gasteiger partial charge on any atom is 0.280 e. The number of nitrogens with zero attached hydrogens (tertiary/aromatic N) is 1. The zero-order chi connectivity index (χ0) is 20.5. The average Bonchev–Trinajstić information content (AvgIpc) is 2.65. The molecule has 0 aromatic heterocycles. The van der Waals surface area contributed by atoms with Crippen LogP contribution in [-0.4, -0.2) is 26.5 Å². The van der Waals surface area contributed by atoms with Crippen LogP contribution < -0.4 is 11.5 Å². The molecule has 3 aromatic carbocycles. The third kappa shape index (κ3) is 3.89. The van der Waals surface area contributed by atoms with Gasteiger partial charge in [-0.15, -0.1) is 0 Å². The Labute approximate surface area is 163 Å². The van der Waals surface area contributed by atoms with Crippen molar-refractivity contribution in [1.29, 1.82) is 0 Å². The van der Waals surface area contributed by atoms with Crippen molar-refractivity contribution in [1.82, 2.24) is 0 Å². The fraction of sp³-hybridized carbons (Fsp3) is 0.143. The third-order valence-corrected chi connectivity index (χ3v) is 5.64. The average molecular weight is 395 g/mol. The van der Waals surface area contributed by atoms with Gasteiger partial charge < -0.3 is 11.5 Å². The van der Waals surface area contributed by atoms with Gasteiger partial charge in [0.15, 0.2) is 15.8 Å². The molecule has 0 saturated heterocycles. The summed E-state index contributed by atoms with van der Waals surface area (Å²) in [6.45, 7) is 1.88. The Hall–Kier alpha value is -3.19. The second-order valence-corrected chi connectivity index (χ2v) is 8.52. The molecule has 28 heavy (non-hydrogen) atoms. The lowest BCUT2D eigenvalue weighted by atomic mass is 9.95. The zero-order valence-corrected chi connectivity index (χ0v) is 16.5. The van der Waals surface area contributed by atoms with Crippen molar-refractivity contribution in [3.8, 4) is 11.1 Å². The Bertz CT molecular complexity index is 1210. The summed E-state index contributed by atoms with van der Waals surface area (Å²) in [5, 5.41) is 2.06. The second kappa shape index (κ2) is 7.44. The summed E-state index contributed by atoms with van der Waals surface area (Å²) in [6.07, 6.45) is 1.64. The number of nitrogens with two attached hydrogens (primary N) is 2. The molecule has 7 heteroatoms. The van der Waals surface area contributed by atoms with E-state index in [2.05, 4.69) is 4.99 Å². The van der Waals surface area contributed by atoms with E-state index in [4.69, 9.17) is 11.5 Å². The number of rotatable bonds is 4. The minimum absolute atomic E-state index is 0.0640. The van der Waals surface area contributed by atoms with Crippen LogP contribution in [0.4, 0.5) is 0 Å². The first-order valence-corrected chi connectivity index (χ1v) is 10.6. The topological polar surface area (TPSA) is 116 Å². The number of carbonyl (C=O) groups excluding carboxylic acids is 1. The summed E-state index contributed by atoms with van der Waals surface area (Å²) in [5.74, 6) is -1.03. The molecule has 0 atom stereocenters. The Kier molecular flexibility index (Phi) is 5.20. The van der Waals surface area contributed by atoms with Gasteiger partial charge in [0.1, 0.15) is 0 Å². The Morgan fingerprint density at radius 3 is 2.29 bits per heavy atom. The molecule has 6 nitrogen and oxygen atoms in total. The molecule has 0 unspecified atom stereocenters. The van der Waals surface area contributed by atoms with Gasteiger partial charge in [0.2, 0.25) is 0 Å². The molecule has 144 valence electrons. The van der Waals surface area contributed by atoms with Crippen LogP contribution in [0.2, 0.25) is 0 Å². The third-order valence-electron chi connectivity index (χ3n) is 4.51. The summed E-state index contributed by atoms with van der Waals surface area (Å²) in [4.78, 5) is 16.0. The maximum absolute atomic E-state index is 12.5. The van der Waals surface area contributed by atoms with Crippen LogP contribution in [0.3, 0.4) is 0 Å². The minimum Gasteiger partial charge on any atom is -0.370 e. The van der Waals surface area contributed by atoms with Gasteiger partial charge >= 0.3 is 0 Å². The van der Waals surface area contributed by atoms with E-state index in [1.54, 1.807) is 6.07 Å². The van der Waals surface area contributed by atoms with Gasteiger partial charge in [-0.05, 0) is 46.5 Å². The van der Waals surface area contributed by atoms with Crippen LogP contribution in [0.1, 0.15) is 22.8 Å². The van der Waals surface area contributed by atoms with Crippen LogP contribution >= 0.6 is 0 Å². The molecule has 3 aromatic rings. The van der Waals surface area contributed by atoms with E-state index < -0.39 is 15.7 Å². The lowest BCUT2D eigenvalue weighted by molar-refractivity contribution is 0.100. The fourth-order valence-electron chi connectivity index (χ4n) is 3.18. The first kappa shape index (κ1) is 19.6. The van der Waals surface area contributed by atoms with E-state index in [0.717, 1.165) is 22.6 Å². The molecule has 0 fully saturated rings. The van der Waals surface area contributed by atoms with Gasteiger partial charge in [0, 0.05) is 17.4 Å². The highest BCUT2D eigenvalue weighted by Gasteiger charge is 2.21. The number of hydrogen-bond acceptors (Lipinski definition) is 3. The van der Waals surface area contributed by atoms with Crippen molar-refractivity contribution >= 4 is 32.5 Å². The van der Waals surface area contributed by atoms with E-state index in [1.165, 1.54) is 6.07 Å². The van der Waals surface area contributed by atoms with E-state index >= 15 is 0 Å². The van der Waals surface area contributed by atoms with Crippen molar-refractivity contribution in [2.24, 2.45) is 16.5 Å². The number of carbonyl (C=O) groups is 1. The second-order valence-electron chi connectivity index (χ2n) is 6.53. The molecule has 1 amide bonds. The first-order valence-electron chi connectivity index (χ1n) is 8.71. The highest BCUT2D eigenvalue weighted by molar-refractivity contribution is 7.90. The molecular formula is C21H21N3O3S. The summed E-state index contributed by atoms with van der Waals surface area (Å²) < 4.78 is 25.0. The van der Waals surface area contributed by atoms with Gasteiger partial charge in [0.05, 0.1) is 4.90 Å².